The first kappa shape index (κ1) is 21.9. The van der Waals surface area contributed by atoms with Gasteiger partial charge in [0.15, 0.2) is 0 Å². The quantitative estimate of drug-likeness (QED) is 0.266. The molecule has 0 aliphatic rings. The average molecular weight is 447 g/mol. The Balaban J connectivity index is 1.61. The molecule has 2 heterocycles. The van der Waals surface area contributed by atoms with Gasteiger partial charge in [0, 0.05) is 34.3 Å². The summed E-state index contributed by atoms with van der Waals surface area (Å²) in [6.45, 7) is 8.70. The number of hydrogen-bond acceptors (Lipinski definition) is 2. The third-order valence-electron chi connectivity index (χ3n) is 6.04. The molecule has 4 nitrogen and oxygen atoms in total. The SMILES string of the molecule is CC(C)n1nc(-c2ccccc2)cc1-c1cccc(-c2cc(-c3ccccc3)nn2C(C)C)c1. The van der Waals surface area contributed by atoms with Crippen LogP contribution in [0.4, 0.5) is 0 Å². The van der Waals surface area contributed by atoms with E-state index in [1.807, 2.05) is 12.1 Å². The molecular formula is C30H30N4. The van der Waals surface area contributed by atoms with Crippen molar-refractivity contribution in [2.75, 3.05) is 0 Å². The lowest BCUT2D eigenvalue weighted by molar-refractivity contribution is 0.539. The summed E-state index contributed by atoms with van der Waals surface area (Å²) in [6.07, 6.45) is 0. The van der Waals surface area contributed by atoms with Gasteiger partial charge in [0.05, 0.1) is 22.8 Å². The summed E-state index contributed by atoms with van der Waals surface area (Å²) in [5, 5.41) is 9.89. The molecule has 0 saturated carbocycles. The highest BCUT2D eigenvalue weighted by molar-refractivity contribution is 5.75. The summed E-state index contributed by atoms with van der Waals surface area (Å²) in [6, 6.07) is 34.4. The highest BCUT2D eigenvalue weighted by Crippen LogP contribution is 2.33. The molecule has 0 fully saturated rings. The van der Waals surface area contributed by atoms with Gasteiger partial charge in [0.1, 0.15) is 0 Å². The van der Waals surface area contributed by atoms with Gasteiger partial charge in [-0.15, -0.1) is 0 Å². The van der Waals surface area contributed by atoms with Crippen molar-refractivity contribution in [2.24, 2.45) is 0 Å². The summed E-state index contributed by atoms with van der Waals surface area (Å²) in [5.41, 5.74) is 8.79. The lowest BCUT2D eigenvalue weighted by atomic mass is 10.0. The topological polar surface area (TPSA) is 35.6 Å². The van der Waals surface area contributed by atoms with Gasteiger partial charge in [-0.25, -0.2) is 0 Å². The molecule has 0 aliphatic heterocycles. The molecule has 2 aromatic heterocycles. The maximum Gasteiger partial charge on any atom is 0.0929 e. The van der Waals surface area contributed by atoms with Crippen molar-refractivity contribution in [1.29, 1.82) is 0 Å². The van der Waals surface area contributed by atoms with Gasteiger partial charge >= 0.3 is 0 Å². The van der Waals surface area contributed by atoms with Gasteiger partial charge in [-0.1, -0.05) is 78.9 Å². The van der Waals surface area contributed by atoms with Crippen LogP contribution in [-0.2, 0) is 0 Å². The summed E-state index contributed by atoms with van der Waals surface area (Å²) in [7, 11) is 0. The Hall–Kier alpha value is -3.92. The van der Waals surface area contributed by atoms with Crippen LogP contribution in [0.15, 0.2) is 97.1 Å². The van der Waals surface area contributed by atoms with Crippen LogP contribution in [0.1, 0.15) is 39.8 Å². The molecule has 0 N–H and O–H groups in total. The molecule has 34 heavy (non-hydrogen) atoms. The molecule has 3 aromatic carbocycles. The highest BCUT2D eigenvalue weighted by atomic mass is 15.3. The Kier molecular flexibility index (Phi) is 5.89. The van der Waals surface area contributed by atoms with Crippen LogP contribution in [0, 0.1) is 0 Å². The van der Waals surface area contributed by atoms with E-state index >= 15 is 0 Å². The lowest BCUT2D eigenvalue weighted by Gasteiger charge is -2.14. The summed E-state index contributed by atoms with van der Waals surface area (Å²) < 4.78 is 4.24. The smallest absolute Gasteiger partial charge is 0.0929 e. The molecule has 5 rings (SSSR count). The summed E-state index contributed by atoms with van der Waals surface area (Å²) >= 11 is 0. The van der Waals surface area contributed by atoms with Crippen molar-refractivity contribution < 1.29 is 0 Å². The monoisotopic (exact) mass is 446 g/mol. The van der Waals surface area contributed by atoms with Gasteiger partial charge in [-0.2, -0.15) is 10.2 Å². The predicted molar refractivity (Wildman–Crippen MR) is 141 cm³/mol. The van der Waals surface area contributed by atoms with Gasteiger partial charge in [-0.05, 0) is 45.9 Å². The molecule has 0 saturated heterocycles. The molecular weight excluding hydrogens is 416 g/mol. The molecule has 0 spiro atoms. The van der Waals surface area contributed by atoms with Crippen LogP contribution in [0.2, 0.25) is 0 Å². The van der Waals surface area contributed by atoms with Crippen molar-refractivity contribution in [2.45, 2.75) is 39.8 Å². The molecule has 0 atom stereocenters. The van der Waals surface area contributed by atoms with Crippen LogP contribution < -0.4 is 0 Å². The minimum Gasteiger partial charge on any atom is -0.262 e. The van der Waals surface area contributed by atoms with E-state index in [4.69, 9.17) is 10.2 Å². The molecule has 5 aromatic rings. The number of aromatic nitrogens is 4. The fourth-order valence-corrected chi connectivity index (χ4v) is 4.35. The molecule has 0 amide bonds. The second-order valence-electron chi connectivity index (χ2n) is 9.22. The van der Waals surface area contributed by atoms with Crippen molar-refractivity contribution in [1.82, 2.24) is 19.6 Å². The first-order chi connectivity index (χ1) is 16.5. The van der Waals surface area contributed by atoms with E-state index in [2.05, 4.69) is 122 Å². The van der Waals surface area contributed by atoms with E-state index in [1.54, 1.807) is 0 Å². The number of benzene rings is 3. The second kappa shape index (κ2) is 9.14. The van der Waals surface area contributed by atoms with Crippen molar-refractivity contribution in [3.63, 3.8) is 0 Å². The van der Waals surface area contributed by atoms with Crippen LogP contribution >= 0.6 is 0 Å². The highest BCUT2D eigenvalue weighted by Gasteiger charge is 2.17. The van der Waals surface area contributed by atoms with E-state index in [0.717, 1.165) is 45.0 Å². The molecule has 4 heteroatoms. The fourth-order valence-electron chi connectivity index (χ4n) is 4.35. The van der Waals surface area contributed by atoms with Crippen molar-refractivity contribution in [3.05, 3.63) is 97.1 Å². The van der Waals surface area contributed by atoms with Crippen LogP contribution in [-0.4, -0.2) is 19.6 Å². The zero-order chi connectivity index (χ0) is 23.7. The Bertz CT molecular complexity index is 1290. The van der Waals surface area contributed by atoms with Gasteiger partial charge in [0.25, 0.3) is 0 Å². The van der Waals surface area contributed by atoms with E-state index in [9.17, 15) is 0 Å². The molecule has 0 radical (unpaired) electrons. The first-order valence-electron chi connectivity index (χ1n) is 11.9. The molecule has 0 aliphatic carbocycles. The standard InChI is InChI=1S/C30H30N4/c1-21(2)33-29(19-27(31-33)23-12-7-5-8-13-23)25-16-11-17-26(18-25)30-20-28(32-34(30)22(3)4)24-14-9-6-10-15-24/h5-22H,1-4H3. The summed E-state index contributed by atoms with van der Waals surface area (Å²) in [4.78, 5) is 0. The summed E-state index contributed by atoms with van der Waals surface area (Å²) in [5.74, 6) is 0. The van der Waals surface area contributed by atoms with E-state index < -0.39 is 0 Å². The van der Waals surface area contributed by atoms with E-state index in [-0.39, 0.29) is 12.1 Å². The third kappa shape index (κ3) is 4.19. The third-order valence-corrected chi connectivity index (χ3v) is 6.04. The van der Waals surface area contributed by atoms with E-state index in [0.29, 0.717) is 0 Å². The second-order valence-corrected chi connectivity index (χ2v) is 9.22. The maximum absolute atomic E-state index is 4.95. The average Bonchev–Trinajstić information content (AvgIpc) is 3.51. The minimum absolute atomic E-state index is 0.252. The van der Waals surface area contributed by atoms with Crippen LogP contribution in [0.25, 0.3) is 45.0 Å². The molecule has 170 valence electrons. The predicted octanol–water partition coefficient (Wildman–Crippen LogP) is 7.91. The van der Waals surface area contributed by atoms with Gasteiger partial charge in [0.2, 0.25) is 0 Å². The minimum atomic E-state index is 0.252. The van der Waals surface area contributed by atoms with Gasteiger partial charge < -0.3 is 0 Å². The Morgan fingerprint density at radius 3 is 1.24 bits per heavy atom. The van der Waals surface area contributed by atoms with E-state index in [1.165, 1.54) is 0 Å². The van der Waals surface area contributed by atoms with Gasteiger partial charge in [-0.3, -0.25) is 9.36 Å². The number of rotatable bonds is 6. The Morgan fingerprint density at radius 2 is 0.853 bits per heavy atom. The molecule has 0 bridgehead atoms. The zero-order valence-corrected chi connectivity index (χ0v) is 20.2. The van der Waals surface area contributed by atoms with Crippen molar-refractivity contribution >= 4 is 0 Å². The fraction of sp³-hybridized carbons (Fsp3) is 0.200. The molecule has 0 unspecified atom stereocenters. The first-order valence-corrected chi connectivity index (χ1v) is 11.9. The van der Waals surface area contributed by atoms with Crippen molar-refractivity contribution in [3.8, 4) is 45.0 Å². The Morgan fingerprint density at radius 1 is 0.471 bits per heavy atom. The largest absolute Gasteiger partial charge is 0.262 e. The normalized spacial score (nSPS) is 11.5. The Labute approximate surface area is 201 Å². The number of hydrogen-bond donors (Lipinski definition) is 0. The van der Waals surface area contributed by atoms with Crippen LogP contribution in [0.5, 0.6) is 0 Å². The number of nitrogens with zero attached hydrogens (tertiary/aromatic N) is 4. The maximum atomic E-state index is 4.95. The lowest BCUT2D eigenvalue weighted by Crippen LogP contribution is -2.06. The van der Waals surface area contributed by atoms with Crippen LogP contribution in [0.3, 0.4) is 0 Å². The zero-order valence-electron chi connectivity index (χ0n) is 20.2.